The van der Waals surface area contributed by atoms with E-state index in [-0.39, 0.29) is 17.2 Å². The molecular weight excluding hydrogens is 217 g/mol. The Morgan fingerprint density at radius 2 is 1.71 bits per heavy atom. The third-order valence-electron chi connectivity index (χ3n) is 3.59. The van der Waals surface area contributed by atoms with E-state index in [1.54, 1.807) is 6.20 Å². The van der Waals surface area contributed by atoms with Crippen molar-refractivity contribution in [1.82, 2.24) is 15.0 Å². The van der Waals surface area contributed by atoms with Gasteiger partial charge in [0.05, 0.1) is 23.0 Å². The van der Waals surface area contributed by atoms with Crippen LogP contribution >= 0.6 is 0 Å². The lowest BCUT2D eigenvalue weighted by molar-refractivity contribution is 0.00578. The summed E-state index contributed by atoms with van der Waals surface area (Å²) in [6.45, 7) is 12.3. The fourth-order valence-corrected chi connectivity index (χ4v) is 1.79. The predicted octanol–water partition coefficient (Wildman–Crippen LogP) is 1.16. The van der Waals surface area contributed by atoms with Crippen molar-refractivity contribution < 1.29 is 9.31 Å². The Hall–Kier alpha value is -0.875. The molecule has 1 aromatic heterocycles. The van der Waals surface area contributed by atoms with Crippen LogP contribution in [-0.2, 0) is 9.31 Å². The summed E-state index contributed by atoms with van der Waals surface area (Å²) >= 11 is 0. The fraction of sp³-hybridized carbons (Fsp3) is 0.818. The lowest BCUT2D eigenvalue weighted by Crippen LogP contribution is -2.41. The number of nitrogens with zero attached hydrogens (tertiary/aromatic N) is 3. The molecule has 0 saturated carbocycles. The van der Waals surface area contributed by atoms with Crippen molar-refractivity contribution in [3.8, 4) is 0 Å². The van der Waals surface area contributed by atoms with Gasteiger partial charge < -0.3 is 9.31 Å². The molecule has 0 N–H and O–H groups in total. The summed E-state index contributed by atoms with van der Waals surface area (Å²) in [5.41, 5.74) is 0.215. The van der Waals surface area contributed by atoms with Crippen molar-refractivity contribution in [3.05, 3.63) is 6.20 Å². The molecular formula is C11H20BN3O2. The van der Waals surface area contributed by atoms with Crippen molar-refractivity contribution >= 4 is 12.7 Å². The van der Waals surface area contributed by atoms with Crippen molar-refractivity contribution in [2.45, 2.75) is 58.8 Å². The van der Waals surface area contributed by atoms with Crippen LogP contribution in [0, 0.1) is 0 Å². The third-order valence-corrected chi connectivity index (χ3v) is 3.59. The number of hydrogen-bond donors (Lipinski definition) is 0. The van der Waals surface area contributed by atoms with Crippen LogP contribution in [0.1, 0.15) is 47.6 Å². The summed E-state index contributed by atoms with van der Waals surface area (Å²) < 4.78 is 13.8. The van der Waals surface area contributed by atoms with Gasteiger partial charge in [0, 0.05) is 6.04 Å². The van der Waals surface area contributed by atoms with Gasteiger partial charge in [-0.1, -0.05) is 5.21 Å². The van der Waals surface area contributed by atoms with Gasteiger partial charge >= 0.3 is 7.12 Å². The molecule has 1 aliphatic rings. The highest BCUT2D eigenvalue weighted by atomic mass is 16.7. The average molecular weight is 237 g/mol. The molecule has 0 bridgehead atoms. The predicted molar refractivity (Wildman–Crippen MR) is 66.1 cm³/mol. The highest BCUT2D eigenvalue weighted by Gasteiger charge is 2.53. The van der Waals surface area contributed by atoms with Gasteiger partial charge in [-0.3, -0.25) is 4.68 Å². The first-order valence-electron chi connectivity index (χ1n) is 6.00. The van der Waals surface area contributed by atoms with Crippen molar-refractivity contribution in [2.24, 2.45) is 0 Å². The van der Waals surface area contributed by atoms with Crippen LogP contribution < -0.4 is 5.59 Å². The van der Waals surface area contributed by atoms with Gasteiger partial charge in [-0.25, -0.2) is 0 Å². The molecule has 1 aliphatic heterocycles. The minimum absolute atomic E-state index is 0.242. The smallest absolute Gasteiger partial charge is 0.398 e. The van der Waals surface area contributed by atoms with E-state index in [4.69, 9.17) is 9.31 Å². The fourth-order valence-electron chi connectivity index (χ4n) is 1.79. The standard InChI is InChI=1S/C11H20BN3O2/c1-8(2)15-9(7-13-14-15)12-16-10(3,4)11(5,6)17-12/h7-8H,1-6H3. The van der Waals surface area contributed by atoms with Gasteiger partial charge in [0.25, 0.3) is 0 Å². The second-order valence-corrected chi connectivity index (χ2v) is 5.79. The molecule has 0 spiro atoms. The Morgan fingerprint density at radius 3 is 2.18 bits per heavy atom. The second kappa shape index (κ2) is 3.81. The maximum atomic E-state index is 5.98. The van der Waals surface area contributed by atoms with E-state index in [0.29, 0.717) is 0 Å². The van der Waals surface area contributed by atoms with Gasteiger partial charge in [-0.15, -0.1) is 5.10 Å². The molecule has 2 rings (SSSR count). The highest BCUT2D eigenvalue weighted by molar-refractivity contribution is 6.61. The van der Waals surface area contributed by atoms with E-state index in [1.165, 1.54) is 0 Å². The third kappa shape index (κ3) is 2.00. The summed E-state index contributed by atoms with van der Waals surface area (Å²) in [7, 11) is -0.391. The molecule has 17 heavy (non-hydrogen) atoms. The molecule has 5 nitrogen and oxygen atoms in total. The molecule has 0 unspecified atom stereocenters. The van der Waals surface area contributed by atoms with Gasteiger partial charge in [-0.2, -0.15) is 0 Å². The van der Waals surface area contributed by atoms with Gasteiger partial charge in [0.2, 0.25) is 0 Å². The highest BCUT2D eigenvalue weighted by Crippen LogP contribution is 2.36. The van der Waals surface area contributed by atoms with Crippen molar-refractivity contribution in [1.29, 1.82) is 0 Å². The Bertz CT molecular complexity index is 399. The molecule has 94 valence electrons. The van der Waals surface area contributed by atoms with Crippen LogP contribution in [0.15, 0.2) is 6.20 Å². The Balaban J connectivity index is 2.29. The molecule has 2 heterocycles. The van der Waals surface area contributed by atoms with Crippen LogP contribution in [0.4, 0.5) is 0 Å². The van der Waals surface area contributed by atoms with Gasteiger partial charge in [0.1, 0.15) is 0 Å². The number of aromatic nitrogens is 3. The topological polar surface area (TPSA) is 49.2 Å². The molecule has 1 aromatic rings. The van der Waals surface area contributed by atoms with Crippen LogP contribution in [0.2, 0.25) is 0 Å². The summed E-state index contributed by atoms with van der Waals surface area (Å²) in [6.07, 6.45) is 1.71. The maximum Gasteiger partial charge on any atom is 0.515 e. The van der Waals surface area contributed by atoms with Crippen molar-refractivity contribution in [2.75, 3.05) is 0 Å². The van der Waals surface area contributed by atoms with Crippen LogP contribution in [0.5, 0.6) is 0 Å². The molecule has 0 radical (unpaired) electrons. The summed E-state index contributed by atoms with van der Waals surface area (Å²) in [6, 6.07) is 0.242. The normalized spacial score (nSPS) is 22.4. The summed E-state index contributed by atoms with van der Waals surface area (Å²) in [4.78, 5) is 0. The monoisotopic (exact) mass is 237 g/mol. The second-order valence-electron chi connectivity index (χ2n) is 5.79. The summed E-state index contributed by atoms with van der Waals surface area (Å²) in [5, 5.41) is 8.00. The van der Waals surface area contributed by atoms with Crippen LogP contribution in [0.3, 0.4) is 0 Å². The lowest BCUT2D eigenvalue weighted by atomic mass is 9.85. The quantitative estimate of drug-likeness (QED) is 0.724. The molecule has 0 aliphatic carbocycles. The average Bonchev–Trinajstić information content (AvgIpc) is 2.69. The van der Waals surface area contributed by atoms with E-state index < -0.39 is 7.12 Å². The van der Waals surface area contributed by atoms with E-state index >= 15 is 0 Å². The zero-order valence-corrected chi connectivity index (χ0v) is 11.4. The largest absolute Gasteiger partial charge is 0.515 e. The zero-order chi connectivity index (χ0) is 12.8. The number of rotatable bonds is 2. The Morgan fingerprint density at radius 1 is 1.18 bits per heavy atom. The zero-order valence-electron chi connectivity index (χ0n) is 11.4. The first-order chi connectivity index (χ1) is 7.74. The van der Waals surface area contributed by atoms with Gasteiger partial charge in [-0.05, 0) is 41.5 Å². The molecule has 1 fully saturated rings. The van der Waals surface area contributed by atoms with Gasteiger partial charge in [0.15, 0.2) is 0 Å². The first-order valence-corrected chi connectivity index (χ1v) is 6.00. The minimum atomic E-state index is -0.391. The Kier molecular flexibility index (Phi) is 2.82. The van der Waals surface area contributed by atoms with Crippen LogP contribution in [0.25, 0.3) is 0 Å². The van der Waals surface area contributed by atoms with Crippen molar-refractivity contribution in [3.63, 3.8) is 0 Å². The lowest BCUT2D eigenvalue weighted by Gasteiger charge is -2.32. The van der Waals surface area contributed by atoms with E-state index in [9.17, 15) is 0 Å². The minimum Gasteiger partial charge on any atom is -0.398 e. The SMILES string of the molecule is CC(C)n1nncc1B1OC(C)(C)C(C)(C)O1. The molecule has 1 saturated heterocycles. The molecule has 0 aromatic carbocycles. The molecule has 6 heteroatoms. The summed E-state index contributed by atoms with van der Waals surface area (Å²) in [5.74, 6) is 0. The van der Waals surface area contributed by atoms with E-state index in [0.717, 1.165) is 5.59 Å². The molecule has 0 atom stereocenters. The van der Waals surface area contributed by atoms with Crippen LogP contribution in [-0.4, -0.2) is 33.3 Å². The van der Waals surface area contributed by atoms with E-state index in [1.807, 2.05) is 32.4 Å². The molecule has 0 amide bonds. The number of hydrogen-bond acceptors (Lipinski definition) is 4. The maximum absolute atomic E-state index is 5.98. The Labute approximate surface area is 103 Å². The first kappa shape index (κ1) is 12.6. The van der Waals surface area contributed by atoms with E-state index in [2.05, 4.69) is 24.2 Å².